The summed E-state index contributed by atoms with van der Waals surface area (Å²) in [7, 11) is 0. The van der Waals surface area contributed by atoms with Gasteiger partial charge in [-0.1, -0.05) is 13.8 Å². The molecule has 0 atom stereocenters. The lowest BCUT2D eigenvalue weighted by Crippen LogP contribution is -2.39. The molecule has 33 heavy (non-hydrogen) atoms. The molecule has 4 rings (SSSR count). The van der Waals surface area contributed by atoms with E-state index < -0.39 is 11.4 Å². The number of nitrogens with zero attached hydrogens (tertiary/aromatic N) is 4. The van der Waals surface area contributed by atoms with Crippen molar-refractivity contribution >= 4 is 29.5 Å². The molecule has 3 amide bonds. The third-order valence-electron chi connectivity index (χ3n) is 5.71. The molecule has 2 aromatic rings. The average molecular weight is 449 g/mol. The van der Waals surface area contributed by atoms with Crippen LogP contribution in [0, 0.1) is 12.3 Å². The van der Waals surface area contributed by atoms with Crippen LogP contribution in [0.15, 0.2) is 41.7 Å². The van der Waals surface area contributed by atoms with Gasteiger partial charge in [0, 0.05) is 42.2 Å². The molecule has 172 valence electrons. The van der Waals surface area contributed by atoms with Crippen LogP contribution in [-0.2, 0) is 4.79 Å². The molecule has 1 saturated heterocycles. The molecule has 3 N–H and O–H groups in total. The standard InChI is InChI=1S/C24H28N6O3/c1-15-20(6-7-21(28-15)29-23(32)30-11-9-24(2,3)22(30)31)33-18-8-10-26-19(12-18)16(13-25)14-27-17-4-5-17/h6-8,10,12-14,17H,4-5,9,11,25H2,1-3H3,(H,28,29,32). The fourth-order valence-electron chi connectivity index (χ4n) is 3.43. The summed E-state index contributed by atoms with van der Waals surface area (Å²) in [6.45, 7) is 5.86. The molecule has 9 heteroatoms. The van der Waals surface area contributed by atoms with Gasteiger partial charge in [0.05, 0.1) is 17.4 Å². The van der Waals surface area contributed by atoms with Crippen molar-refractivity contribution in [2.24, 2.45) is 16.1 Å². The van der Waals surface area contributed by atoms with Gasteiger partial charge in [0.1, 0.15) is 17.3 Å². The zero-order valence-corrected chi connectivity index (χ0v) is 19.0. The van der Waals surface area contributed by atoms with Gasteiger partial charge >= 0.3 is 6.03 Å². The second kappa shape index (κ2) is 9.01. The Morgan fingerprint density at radius 2 is 2.12 bits per heavy atom. The number of rotatable bonds is 6. The summed E-state index contributed by atoms with van der Waals surface area (Å²) < 4.78 is 5.99. The summed E-state index contributed by atoms with van der Waals surface area (Å²) in [5, 5.41) is 2.70. The van der Waals surface area contributed by atoms with Crippen LogP contribution in [-0.4, -0.2) is 45.6 Å². The Balaban J connectivity index is 1.43. The predicted molar refractivity (Wildman–Crippen MR) is 126 cm³/mol. The molecule has 9 nitrogen and oxygen atoms in total. The highest BCUT2D eigenvalue weighted by molar-refractivity contribution is 6.09. The van der Waals surface area contributed by atoms with Gasteiger partial charge in [0.15, 0.2) is 0 Å². The van der Waals surface area contributed by atoms with E-state index in [0.29, 0.717) is 47.7 Å². The highest BCUT2D eigenvalue weighted by atomic mass is 16.5. The molecule has 2 fully saturated rings. The predicted octanol–water partition coefficient (Wildman–Crippen LogP) is 3.90. The van der Waals surface area contributed by atoms with Gasteiger partial charge in [-0.2, -0.15) is 0 Å². The zero-order chi connectivity index (χ0) is 23.6. The Morgan fingerprint density at radius 3 is 2.76 bits per heavy atom. The minimum Gasteiger partial charge on any atom is -0.455 e. The van der Waals surface area contributed by atoms with E-state index >= 15 is 0 Å². The molecular formula is C24H28N6O3. The number of urea groups is 1. The van der Waals surface area contributed by atoms with Gasteiger partial charge in [0.2, 0.25) is 5.91 Å². The molecule has 0 unspecified atom stereocenters. The fourth-order valence-corrected chi connectivity index (χ4v) is 3.43. The first-order valence-corrected chi connectivity index (χ1v) is 11.0. The van der Waals surface area contributed by atoms with Crippen molar-refractivity contribution in [1.82, 2.24) is 14.9 Å². The maximum Gasteiger partial charge on any atom is 0.329 e. The van der Waals surface area contributed by atoms with Crippen LogP contribution in [0.5, 0.6) is 11.5 Å². The Kier molecular flexibility index (Phi) is 6.13. The number of aromatic nitrogens is 2. The SMILES string of the molecule is Cc1nc(NC(=O)N2CCC(C)(C)C2=O)ccc1Oc1ccnc(C(C=NC2CC2)=CN)c1. The van der Waals surface area contributed by atoms with Crippen LogP contribution >= 0.6 is 0 Å². The number of aliphatic imine (C=N–C) groups is 1. The highest BCUT2D eigenvalue weighted by Crippen LogP contribution is 2.31. The molecule has 0 radical (unpaired) electrons. The van der Waals surface area contributed by atoms with Gasteiger partial charge in [-0.15, -0.1) is 0 Å². The first kappa shape index (κ1) is 22.4. The van der Waals surface area contributed by atoms with Crippen molar-refractivity contribution in [3.8, 4) is 11.5 Å². The summed E-state index contributed by atoms with van der Waals surface area (Å²) in [5.74, 6) is 1.28. The number of pyridine rings is 2. The smallest absolute Gasteiger partial charge is 0.329 e. The Bertz CT molecular complexity index is 1140. The van der Waals surface area contributed by atoms with E-state index in [-0.39, 0.29) is 5.91 Å². The van der Waals surface area contributed by atoms with Gasteiger partial charge in [-0.3, -0.25) is 25.0 Å². The number of amides is 3. The normalized spacial score (nSPS) is 18.1. The minimum absolute atomic E-state index is 0.182. The van der Waals surface area contributed by atoms with E-state index in [4.69, 9.17) is 10.5 Å². The largest absolute Gasteiger partial charge is 0.455 e. The van der Waals surface area contributed by atoms with Crippen LogP contribution in [0.1, 0.15) is 44.5 Å². The summed E-state index contributed by atoms with van der Waals surface area (Å²) in [5.41, 5.74) is 7.21. The number of carbonyl (C=O) groups excluding carboxylic acids is 2. The molecular weight excluding hydrogens is 420 g/mol. The molecule has 0 spiro atoms. The number of hydrogen-bond donors (Lipinski definition) is 2. The lowest BCUT2D eigenvalue weighted by molar-refractivity contribution is -0.131. The average Bonchev–Trinajstić information content (AvgIpc) is 3.56. The molecule has 2 aliphatic rings. The molecule has 2 aromatic heterocycles. The minimum atomic E-state index is -0.523. The third-order valence-corrected chi connectivity index (χ3v) is 5.71. The zero-order valence-electron chi connectivity index (χ0n) is 19.0. The first-order valence-electron chi connectivity index (χ1n) is 11.0. The molecule has 1 saturated carbocycles. The van der Waals surface area contributed by atoms with Gasteiger partial charge in [0.25, 0.3) is 0 Å². The van der Waals surface area contributed by atoms with Gasteiger partial charge in [-0.05, 0) is 44.4 Å². The Morgan fingerprint density at radius 1 is 1.33 bits per heavy atom. The van der Waals surface area contributed by atoms with Crippen molar-refractivity contribution in [2.75, 3.05) is 11.9 Å². The number of nitrogens with one attached hydrogen (secondary N) is 1. The topological polar surface area (TPSA) is 123 Å². The molecule has 0 bridgehead atoms. The monoisotopic (exact) mass is 448 g/mol. The Hall–Kier alpha value is -3.75. The Labute approximate surface area is 192 Å². The van der Waals surface area contributed by atoms with E-state index in [0.717, 1.165) is 18.4 Å². The van der Waals surface area contributed by atoms with Crippen LogP contribution in [0.25, 0.3) is 5.57 Å². The first-order chi connectivity index (χ1) is 15.8. The van der Waals surface area contributed by atoms with E-state index in [2.05, 4.69) is 20.3 Å². The molecule has 1 aliphatic carbocycles. The lowest BCUT2D eigenvalue weighted by Gasteiger charge is -2.18. The molecule has 3 heterocycles. The number of ether oxygens (including phenoxy) is 1. The van der Waals surface area contributed by atoms with Crippen molar-refractivity contribution in [3.63, 3.8) is 0 Å². The van der Waals surface area contributed by atoms with E-state index in [1.165, 1.54) is 11.1 Å². The number of imide groups is 1. The van der Waals surface area contributed by atoms with Crippen molar-refractivity contribution in [2.45, 2.75) is 46.1 Å². The van der Waals surface area contributed by atoms with E-state index in [9.17, 15) is 9.59 Å². The fraction of sp³-hybridized carbons (Fsp3) is 0.375. The van der Waals surface area contributed by atoms with Crippen molar-refractivity contribution in [3.05, 3.63) is 48.1 Å². The quantitative estimate of drug-likeness (QED) is 0.646. The number of aryl methyl sites for hydroxylation is 1. The van der Waals surface area contributed by atoms with E-state index in [1.54, 1.807) is 43.6 Å². The van der Waals surface area contributed by atoms with Crippen LogP contribution in [0.3, 0.4) is 0 Å². The van der Waals surface area contributed by atoms with Crippen molar-refractivity contribution < 1.29 is 14.3 Å². The summed E-state index contributed by atoms with van der Waals surface area (Å²) in [6, 6.07) is 6.81. The van der Waals surface area contributed by atoms with E-state index in [1.807, 2.05) is 13.8 Å². The van der Waals surface area contributed by atoms with Crippen molar-refractivity contribution in [1.29, 1.82) is 0 Å². The number of carbonyl (C=O) groups is 2. The summed E-state index contributed by atoms with van der Waals surface area (Å²) in [4.78, 5) is 39.3. The second-order valence-electron chi connectivity index (χ2n) is 8.91. The number of hydrogen-bond acceptors (Lipinski definition) is 7. The van der Waals surface area contributed by atoms with Gasteiger partial charge < -0.3 is 10.5 Å². The van der Waals surface area contributed by atoms with Crippen LogP contribution < -0.4 is 15.8 Å². The summed E-state index contributed by atoms with van der Waals surface area (Å²) in [6.07, 6.45) is 7.74. The number of anilines is 1. The lowest BCUT2D eigenvalue weighted by atomic mass is 9.92. The van der Waals surface area contributed by atoms with Crippen LogP contribution in [0.2, 0.25) is 0 Å². The maximum atomic E-state index is 12.5. The number of likely N-dealkylation sites (tertiary alicyclic amines) is 1. The summed E-state index contributed by atoms with van der Waals surface area (Å²) >= 11 is 0. The number of nitrogens with two attached hydrogens (primary N) is 1. The second-order valence-corrected chi connectivity index (χ2v) is 8.91. The number of allylic oxidation sites excluding steroid dienone is 1. The van der Waals surface area contributed by atoms with Crippen LogP contribution in [0.4, 0.5) is 10.6 Å². The molecule has 1 aliphatic heterocycles. The third kappa shape index (κ3) is 5.19. The highest BCUT2D eigenvalue weighted by Gasteiger charge is 2.41. The maximum absolute atomic E-state index is 12.5. The molecule has 0 aromatic carbocycles. The van der Waals surface area contributed by atoms with Gasteiger partial charge in [-0.25, -0.2) is 9.78 Å².